The first kappa shape index (κ1) is 87.6. The number of anilines is 4. The number of methoxy groups -OCH3 is 2. The summed E-state index contributed by atoms with van der Waals surface area (Å²) in [5.41, 5.74) is 10.1. The van der Waals surface area contributed by atoms with Gasteiger partial charge < -0.3 is 65.3 Å². The van der Waals surface area contributed by atoms with Crippen molar-refractivity contribution in [3.8, 4) is 35.1 Å². The molecule has 0 unspecified atom stereocenters. The molecule has 2 atom stereocenters. The van der Waals surface area contributed by atoms with Crippen molar-refractivity contribution in [2.75, 3.05) is 125 Å². The van der Waals surface area contributed by atoms with Gasteiger partial charge in [0.25, 0.3) is 17.7 Å². The van der Waals surface area contributed by atoms with Gasteiger partial charge in [0.2, 0.25) is 35.3 Å². The predicted octanol–water partition coefficient (Wildman–Crippen LogP) is 7.42. The van der Waals surface area contributed by atoms with Crippen LogP contribution < -0.4 is 70.9 Å². The highest BCUT2D eigenvalue weighted by Crippen LogP contribution is 2.57. The third-order valence-electron chi connectivity index (χ3n) is 24.5. The zero-order valence-electron chi connectivity index (χ0n) is 68.8. The molecule has 8 fully saturated rings. The molecule has 8 N–H and O–H groups in total. The lowest BCUT2D eigenvalue weighted by Gasteiger charge is -2.63. The molecule has 14 rings (SSSR count). The number of carboxylic acid groups (broad SMARTS) is 1. The lowest BCUT2D eigenvalue weighted by atomic mass is 9.49. The van der Waals surface area contributed by atoms with Gasteiger partial charge in [-0.3, -0.25) is 54.0 Å². The lowest BCUT2D eigenvalue weighted by molar-refractivity contribution is -0.164. The molecular formula is C86H109ClN18O13. The van der Waals surface area contributed by atoms with Gasteiger partial charge in [-0.1, -0.05) is 55.4 Å². The van der Waals surface area contributed by atoms with E-state index in [1.165, 1.54) is 14.2 Å². The normalized spacial score (nSPS) is 22.8. The Balaban J connectivity index is 0.000000209. The predicted molar refractivity (Wildman–Crippen MR) is 444 cm³/mol. The average Bonchev–Trinajstić information content (AvgIpc) is 0.711. The largest absolute Gasteiger partial charge is 0.495 e. The quantitative estimate of drug-likeness (QED) is 0.0344. The number of ether oxygens (including phenoxy) is 4. The molecule has 4 aromatic carbocycles. The molecule has 6 saturated heterocycles. The Morgan fingerprint density at radius 3 is 1.19 bits per heavy atom. The van der Waals surface area contributed by atoms with Crippen LogP contribution in [0.5, 0.6) is 23.0 Å². The number of rotatable bonds is 21. The number of nitrogens with one attached hydrogen (secondary N) is 5. The van der Waals surface area contributed by atoms with Gasteiger partial charge in [-0.05, 0) is 123 Å². The molecule has 2 aliphatic carbocycles. The van der Waals surface area contributed by atoms with Gasteiger partial charge in [-0.15, -0.1) is 12.4 Å². The summed E-state index contributed by atoms with van der Waals surface area (Å²) in [6.45, 7) is 30.1. The van der Waals surface area contributed by atoms with Gasteiger partial charge >= 0.3 is 5.97 Å². The minimum atomic E-state index is -1.12. The molecule has 2 aromatic heterocycles. The Kier molecular flexibility index (Phi) is 27.9. The van der Waals surface area contributed by atoms with Crippen molar-refractivity contribution in [2.24, 2.45) is 39.2 Å². The first-order valence-electron chi connectivity index (χ1n) is 40.2. The summed E-state index contributed by atoms with van der Waals surface area (Å²) < 4.78 is 23.6. The van der Waals surface area contributed by atoms with E-state index in [4.69, 9.17) is 29.8 Å². The molecule has 8 heterocycles. The number of carbonyl (C=O) groups is 8. The SMILES string of the molecule is COc1cc(OC2C(C)(C)C(NC(=O)c3ccc(N4CCC(CN5CCN(c6cnc(C(=O)N[C@H]7CCC(=O)NC7=O)nc6)CC5)CC4)cc3)C2(C)C)ccc1C#N.COc1cc(OC2C(C)(C)C(NC(=O)c3ccc(N4CCC(CN5CCN(c6cnc(C(=O)O)nc6)CC5)CC4)cc3)C2(C)C)ccc1C#N.Cl.N[C@H]1CCC(=O)NC1=O. The van der Waals surface area contributed by atoms with Crippen LogP contribution in [0.25, 0.3) is 0 Å². The number of piperidine rings is 4. The fourth-order valence-corrected chi connectivity index (χ4v) is 18.4. The van der Waals surface area contributed by atoms with Crippen molar-refractivity contribution in [2.45, 2.75) is 143 Å². The highest BCUT2D eigenvalue weighted by molar-refractivity contribution is 6.03. The summed E-state index contributed by atoms with van der Waals surface area (Å²) in [7, 11) is 3.07. The standard InChI is InChI=1S/C43H53N9O6.C38H47N7O5.C5H8N2O2.ClH/c1-42(2)40(43(3,4)41(42)58-32-11-8-29(23-44)34(22-32)57-5)49-37(54)28-6-9-30(10-7-28)51-16-14-27(15-17-51)26-50-18-20-52(21-19-50)31-24-45-36(46-25-31)39(56)47-33-12-13-35(53)48-38(33)55;1-37(2)35(38(3,4)36(37)50-30-11-8-27(21-39)31(20-30)49-5)42-33(46)26-6-9-28(10-7-26)44-14-12-25(13-15-44)24-43-16-18-45(19-17-43)29-22-40-32(34(47)48)41-23-29;6-3-1-2-4(8)7-5(3)9;/h6-11,22,24-25,27,33,40-41H,12-21,26H2,1-5H3,(H,47,56)(H,49,54)(H,48,53,55);6-11,20,22-23,25,35-36H,12-19,24H2,1-5H3,(H,42,46)(H,47,48);3H,1-2,6H2,(H,7,8,9);1H/t33-,40?,41?;;3-;/m0.0./s1. The number of aromatic carboxylic acids is 1. The van der Waals surface area contributed by atoms with Gasteiger partial charge in [0, 0.05) is 173 Å². The van der Waals surface area contributed by atoms with E-state index >= 15 is 0 Å². The molecule has 6 aliphatic heterocycles. The second-order valence-electron chi connectivity index (χ2n) is 33.9. The summed E-state index contributed by atoms with van der Waals surface area (Å²) >= 11 is 0. The number of halogens is 1. The van der Waals surface area contributed by atoms with Crippen LogP contribution in [-0.4, -0.2) is 224 Å². The average molecular weight is 1640 g/mol. The van der Waals surface area contributed by atoms with E-state index < -0.39 is 29.9 Å². The number of imide groups is 2. The minimum absolute atomic E-state index is 0. The zero-order chi connectivity index (χ0) is 83.7. The van der Waals surface area contributed by atoms with Crippen LogP contribution in [0, 0.1) is 56.2 Å². The van der Waals surface area contributed by atoms with Gasteiger partial charge in [0.15, 0.2) is 0 Å². The van der Waals surface area contributed by atoms with E-state index in [0.717, 1.165) is 140 Å². The maximum Gasteiger partial charge on any atom is 0.373 e. The number of piperazine rings is 2. The van der Waals surface area contributed by atoms with Crippen LogP contribution in [0.3, 0.4) is 0 Å². The monoisotopic (exact) mass is 1640 g/mol. The second-order valence-corrected chi connectivity index (χ2v) is 33.9. The lowest BCUT2D eigenvalue weighted by Crippen LogP contribution is -2.74. The molecule has 0 bridgehead atoms. The Bertz CT molecular complexity index is 4650. The number of nitrogens with two attached hydrogens (primary N) is 1. The van der Waals surface area contributed by atoms with E-state index in [-0.39, 0.29) is 112 Å². The highest BCUT2D eigenvalue weighted by Gasteiger charge is 2.65. The van der Waals surface area contributed by atoms with Crippen molar-refractivity contribution in [3.05, 3.63) is 144 Å². The molecule has 0 spiro atoms. The Hall–Kier alpha value is -11.3. The summed E-state index contributed by atoms with van der Waals surface area (Å²) in [5.74, 6) is -0.00938. The Labute approximate surface area is 694 Å². The van der Waals surface area contributed by atoms with Gasteiger partial charge in [-0.2, -0.15) is 10.5 Å². The molecule has 31 nitrogen and oxygen atoms in total. The van der Waals surface area contributed by atoms with Gasteiger partial charge in [0.05, 0.1) is 67.6 Å². The Morgan fingerprint density at radius 2 is 0.847 bits per heavy atom. The first-order chi connectivity index (χ1) is 55.9. The van der Waals surface area contributed by atoms with E-state index in [0.29, 0.717) is 69.9 Å². The maximum atomic E-state index is 13.5. The fourth-order valence-electron chi connectivity index (χ4n) is 18.4. The molecule has 118 heavy (non-hydrogen) atoms. The fraction of sp³-hybridized carbons (Fsp3) is 0.512. The van der Waals surface area contributed by atoms with Gasteiger partial charge in [0.1, 0.15) is 53.4 Å². The third-order valence-corrected chi connectivity index (χ3v) is 24.5. The van der Waals surface area contributed by atoms with Crippen LogP contribution in [0.15, 0.2) is 110 Å². The van der Waals surface area contributed by atoms with Crippen molar-refractivity contribution in [1.29, 1.82) is 10.5 Å². The van der Waals surface area contributed by atoms with Crippen LogP contribution >= 0.6 is 12.4 Å². The third kappa shape index (κ3) is 20.1. The first-order valence-corrected chi connectivity index (χ1v) is 40.2. The molecular weight excluding hydrogens is 1530 g/mol. The second kappa shape index (κ2) is 37.6. The van der Waals surface area contributed by atoms with E-state index in [9.17, 15) is 48.9 Å². The number of benzene rings is 4. The molecule has 8 aliphatic rings. The molecule has 32 heteroatoms. The van der Waals surface area contributed by atoms with E-state index in [1.807, 2.05) is 24.3 Å². The summed E-state index contributed by atoms with van der Waals surface area (Å²) in [6.07, 6.45) is 11.9. The van der Waals surface area contributed by atoms with Gasteiger partial charge in [-0.25, -0.2) is 24.7 Å². The summed E-state index contributed by atoms with van der Waals surface area (Å²) in [5, 5.41) is 41.3. The molecule has 7 amide bonds. The van der Waals surface area contributed by atoms with Crippen LogP contribution in [-0.2, 0) is 19.2 Å². The topological polar surface area (TPSA) is 398 Å². The van der Waals surface area contributed by atoms with Crippen LogP contribution in [0.2, 0.25) is 0 Å². The highest BCUT2D eigenvalue weighted by atomic mass is 35.5. The van der Waals surface area contributed by atoms with E-state index in [2.05, 4.69) is 168 Å². The number of aromatic nitrogens is 4. The van der Waals surface area contributed by atoms with Crippen molar-refractivity contribution >= 4 is 82.5 Å². The summed E-state index contributed by atoms with van der Waals surface area (Å²) in [4.78, 5) is 126. The number of nitriles is 2. The summed E-state index contributed by atoms with van der Waals surface area (Å²) in [6, 6.07) is 29.1. The molecule has 0 radical (unpaired) electrons. The number of carboxylic acids is 1. The van der Waals surface area contributed by atoms with E-state index in [1.54, 1.807) is 61.2 Å². The number of nitrogens with zero attached hydrogens (tertiary/aromatic N) is 12. The number of hydrogen-bond acceptors (Lipinski definition) is 25. The minimum Gasteiger partial charge on any atom is -0.495 e. The van der Waals surface area contributed by atoms with Crippen molar-refractivity contribution < 1.29 is 62.4 Å². The zero-order valence-corrected chi connectivity index (χ0v) is 69.6. The van der Waals surface area contributed by atoms with Crippen molar-refractivity contribution in [3.63, 3.8) is 0 Å². The number of hydrogen-bond donors (Lipinski definition) is 7. The molecule has 6 aromatic rings. The molecule has 628 valence electrons. The van der Waals surface area contributed by atoms with Crippen LogP contribution in [0.1, 0.15) is 160 Å². The number of carbonyl (C=O) groups excluding carboxylic acids is 7. The van der Waals surface area contributed by atoms with Crippen LogP contribution in [0.4, 0.5) is 22.7 Å². The number of amides is 7. The smallest absolute Gasteiger partial charge is 0.373 e. The Morgan fingerprint density at radius 1 is 0.483 bits per heavy atom. The molecule has 2 saturated carbocycles. The maximum absolute atomic E-state index is 13.5. The van der Waals surface area contributed by atoms with Crippen molar-refractivity contribution in [1.82, 2.24) is 56.3 Å².